The van der Waals surface area contributed by atoms with Gasteiger partial charge in [0.05, 0.1) is 30.0 Å². The fourth-order valence-electron chi connectivity index (χ4n) is 2.20. The number of anilines is 1. The molecule has 114 valence electrons. The predicted molar refractivity (Wildman–Crippen MR) is 75.7 cm³/mol. The van der Waals surface area contributed by atoms with Gasteiger partial charge in [-0.1, -0.05) is 0 Å². The molecule has 1 aromatic rings. The number of hydrogen-bond donors (Lipinski definition) is 3. The molecule has 1 saturated heterocycles. The minimum Gasteiger partial charge on any atom is -0.508 e. The number of phenols is 1. The normalized spacial score (nSPS) is 17.3. The molecule has 1 aromatic carbocycles. The molecule has 0 radical (unpaired) electrons. The third-order valence-corrected chi connectivity index (χ3v) is 3.19. The van der Waals surface area contributed by atoms with Gasteiger partial charge in [-0.3, -0.25) is 0 Å². The number of hydrogen-bond acceptors (Lipinski definition) is 4. The van der Waals surface area contributed by atoms with Gasteiger partial charge in [0.15, 0.2) is 0 Å². The van der Waals surface area contributed by atoms with Crippen LogP contribution in [0.4, 0.5) is 10.5 Å². The zero-order valence-electron chi connectivity index (χ0n) is 11.9. The summed E-state index contributed by atoms with van der Waals surface area (Å²) in [5.74, 6) is -1.39. The van der Waals surface area contributed by atoms with Gasteiger partial charge in [0.1, 0.15) is 5.75 Å². The number of amides is 2. The third-order valence-electron chi connectivity index (χ3n) is 3.19. The molecular weight excluding hydrogens is 276 g/mol. The van der Waals surface area contributed by atoms with Crippen molar-refractivity contribution in [3.63, 3.8) is 0 Å². The standard InChI is InChI=1S/C14H18N2O5/c1-14(2)8-16(5-6-21-14)13(20)15-11-4-3-9(17)7-10(11)12(18)19/h3-4,7,17H,5-6,8H2,1-2H3,(H,15,20)(H,18,19). The maximum Gasteiger partial charge on any atom is 0.337 e. The molecule has 1 heterocycles. The SMILES string of the molecule is CC1(C)CN(C(=O)Nc2ccc(O)cc2C(=O)O)CCO1. The zero-order chi connectivity index (χ0) is 15.6. The summed E-state index contributed by atoms with van der Waals surface area (Å²) in [5, 5.41) is 21.0. The first-order valence-corrected chi connectivity index (χ1v) is 6.55. The lowest BCUT2D eigenvalue weighted by Gasteiger charge is -2.38. The van der Waals surface area contributed by atoms with E-state index < -0.39 is 11.6 Å². The van der Waals surface area contributed by atoms with E-state index in [-0.39, 0.29) is 23.0 Å². The Kier molecular flexibility index (Phi) is 4.04. The maximum absolute atomic E-state index is 12.2. The molecule has 1 aliphatic rings. The van der Waals surface area contributed by atoms with Crippen molar-refractivity contribution in [1.82, 2.24) is 4.90 Å². The Morgan fingerprint density at radius 3 is 2.71 bits per heavy atom. The first kappa shape index (κ1) is 15.1. The van der Waals surface area contributed by atoms with Crippen molar-refractivity contribution in [2.45, 2.75) is 19.4 Å². The molecule has 0 aromatic heterocycles. The van der Waals surface area contributed by atoms with Gasteiger partial charge in [-0.15, -0.1) is 0 Å². The molecule has 0 bridgehead atoms. The Morgan fingerprint density at radius 2 is 2.10 bits per heavy atom. The monoisotopic (exact) mass is 294 g/mol. The number of nitrogens with zero attached hydrogens (tertiary/aromatic N) is 1. The molecule has 0 saturated carbocycles. The molecule has 0 unspecified atom stereocenters. The van der Waals surface area contributed by atoms with Gasteiger partial charge in [0.25, 0.3) is 0 Å². The van der Waals surface area contributed by atoms with Crippen molar-refractivity contribution in [3.8, 4) is 5.75 Å². The second kappa shape index (κ2) is 5.61. The highest BCUT2D eigenvalue weighted by Gasteiger charge is 2.30. The Morgan fingerprint density at radius 1 is 1.38 bits per heavy atom. The highest BCUT2D eigenvalue weighted by Crippen LogP contribution is 2.23. The number of phenolic OH excluding ortho intramolecular Hbond substituents is 1. The van der Waals surface area contributed by atoms with Gasteiger partial charge in [0, 0.05) is 6.54 Å². The number of carbonyl (C=O) groups excluding carboxylic acids is 1. The quantitative estimate of drug-likeness (QED) is 0.721. The van der Waals surface area contributed by atoms with Gasteiger partial charge < -0.3 is 25.2 Å². The lowest BCUT2D eigenvalue weighted by Crippen LogP contribution is -2.51. The summed E-state index contributed by atoms with van der Waals surface area (Å²) in [6.45, 7) is 5.06. The smallest absolute Gasteiger partial charge is 0.337 e. The number of morpholine rings is 1. The third kappa shape index (κ3) is 3.63. The van der Waals surface area contributed by atoms with Crippen molar-refractivity contribution in [3.05, 3.63) is 23.8 Å². The van der Waals surface area contributed by atoms with Gasteiger partial charge in [-0.05, 0) is 32.0 Å². The van der Waals surface area contributed by atoms with Crippen LogP contribution < -0.4 is 5.32 Å². The van der Waals surface area contributed by atoms with E-state index in [2.05, 4.69) is 5.32 Å². The topological polar surface area (TPSA) is 99.1 Å². The summed E-state index contributed by atoms with van der Waals surface area (Å²) in [6.07, 6.45) is 0. The number of nitrogens with one attached hydrogen (secondary N) is 1. The van der Waals surface area contributed by atoms with Crippen molar-refractivity contribution in [1.29, 1.82) is 0 Å². The number of carboxylic acid groups (broad SMARTS) is 1. The van der Waals surface area contributed by atoms with E-state index in [4.69, 9.17) is 9.84 Å². The molecule has 2 rings (SSSR count). The molecule has 0 atom stereocenters. The number of aromatic hydroxyl groups is 1. The largest absolute Gasteiger partial charge is 0.508 e. The Hall–Kier alpha value is -2.28. The summed E-state index contributed by atoms with van der Waals surface area (Å²) < 4.78 is 5.52. The summed E-state index contributed by atoms with van der Waals surface area (Å²) in [4.78, 5) is 24.9. The van der Waals surface area contributed by atoms with E-state index in [0.29, 0.717) is 19.7 Å². The highest BCUT2D eigenvalue weighted by atomic mass is 16.5. The van der Waals surface area contributed by atoms with Crippen LogP contribution in [0.3, 0.4) is 0 Å². The van der Waals surface area contributed by atoms with Gasteiger partial charge in [0.2, 0.25) is 0 Å². The molecule has 0 spiro atoms. The fraction of sp³-hybridized carbons (Fsp3) is 0.429. The molecule has 7 nitrogen and oxygen atoms in total. The number of urea groups is 1. The first-order chi connectivity index (χ1) is 9.78. The molecule has 21 heavy (non-hydrogen) atoms. The average Bonchev–Trinajstić information content (AvgIpc) is 2.39. The molecule has 2 amide bonds. The molecule has 0 aliphatic carbocycles. The van der Waals surface area contributed by atoms with Crippen LogP contribution in [0.25, 0.3) is 0 Å². The number of benzene rings is 1. The van der Waals surface area contributed by atoms with Crippen LogP contribution in [0.1, 0.15) is 24.2 Å². The Bertz CT molecular complexity index is 570. The van der Waals surface area contributed by atoms with E-state index in [1.54, 1.807) is 4.90 Å². The molecule has 7 heteroatoms. The average molecular weight is 294 g/mol. The van der Waals surface area contributed by atoms with Crippen LogP contribution in [0, 0.1) is 0 Å². The predicted octanol–water partition coefficient (Wildman–Crippen LogP) is 1.73. The maximum atomic E-state index is 12.2. The fourth-order valence-corrected chi connectivity index (χ4v) is 2.20. The van der Waals surface area contributed by atoms with Gasteiger partial charge in [-0.25, -0.2) is 9.59 Å². The number of carbonyl (C=O) groups is 2. The van der Waals surface area contributed by atoms with Crippen LogP contribution in [0.2, 0.25) is 0 Å². The van der Waals surface area contributed by atoms with Crippen molar-refractivity contribution in [2.75, 3.05) is 25.0 Å². The van der Waals surface area contributed by atoms with Crippen LogP contribution >= 0.6 is 0 Å². The van der Waals surface area contributed by atoms with Gasteiger partial charge in [-0.2, -0.15) is 0 Å². The van der Waals surface area contributed by atoms with Crippen LogP contribution in [-0.4, -0.2) is 52.4 Å². The number of rotatable bonds is 2. The van der Waals surface area contributed by atoms with Crippen molar-refractivity contribution in [2.24, 2.45) is 0 Å². The van der Waals surface area contributed by atoms with Crippen LogP contribution in [-0.2, 0) is 4.74 Å². The van der Waals surface area contributed by atoms with Crippen molar-refractivity contribution < 1.29 is 24.5 Å². The minimum absolute atomic E-state index is 0.148. The van der Waals surface area contributed by atoms with Crippen LogP contribution in [0.5, 0.6) is 5.75 Å². The second-order valence-electron chi connectivity index (χ2n) is 5.49. The van der Waals surface area contributed by atoms with E-state index in [0.717, 1.165) is 6.07 Å². The van der Waals surface area contributed by atoms with Gasteiger partial charge >= 0.3 is 12.0 Å². The lowest BCUT2D eigenvalue weighted by molar-refractivity contribution is -0.0720. The van der Waals surface area contributed by atoms with Crippen LogP contribution in [0.15, 0.2) is 18.2 Å². The van der Waals surface area contributed by atoms with E-state index in [9.17, 15) is 14.7 Å². The Labute approximate surface area is 122 Å². The summed E-state index contributed by atoms with van der Waals surface area (Å²) >= 11 is 0. The minimum atomic E-state index is -1.22. The van der Waals surface area contributed by atoms with E-state index >= 15 is 0 Å². The molecule has 1 fully saturated rings. The first-order valence-electron chi connectivity index (χ1n) is 6.55. The number of ether oxygens (including phenoxy) is 1. The highest BCUT2D eigenvalue weighted by molar-refractivity contribution is 6.00. The summed E-state index contributed by atoms with van der Waals surface area (Å²) in [5.41, 5.74) is -0.439. The van der Waals surface area contributed by atoms with Crippen molar-refractivity contribution >= 4 is 17.7 Å². The molecule has 3 N–H and O–H groups in total. The summed E-state index contributed by atoms with van der Waals surface area (Å²) in [7, 11) is 0. The Balaban J connectivity index is 2.14. The second-order valence-corrected chi connectivity index (χ2v) is 5.49. The van der Waals surface area contributed by atoms with E-state index in [1.165, 1.54) is 12.1 Å². The number of carboxylic acids is 1. The zero-order valence-corrected chi connectivity index (χ0v) is 11.9. The number of aromatic carboxylic acids is 1. The van der Waals surface area contributed by atoms with E-state index in [1.807, 2.05) is 13.8 Å². The summed E-state index contributed by atoms with van der Waals surface area (Å²) in [6, 6.07) is 3.40. The lowest BCUT2D eigenvalue weighted by atomic mass is 10.1. The molecular formula is C14H18N2O5. The molecule has 1 aliphatic heterocycles.